The Hall–Kier alpha value is -2.43. The third kappa shape index (κ3) is 3.18. The zero-order valence-corrected chi connectivity index (χ0v) is 14.7. The van der Waals surface area contributed by atoms with E-state index in [1.165, 1.54) is 0 Å². The Morgan fingerprint density at radius 2 is 2.00 bits per heavy atom. The lowest BCUT2D eigenvalue weighted by atomic mass is 10.0. The Labute approximate surface area is 151 Å². The first-order chi connectivity index (χ1) is 12.5. The van der Waals surface area contributed by atoms with Gasteiger partial charge in [0, 0.05) is 18.7 Å². The molecule has 0 bridgehead atoms. The predicted molar refractivity (Wildman–Crippen MR) is 88.1 cm³/mol. The molecule has 0 aliphatic carbocycles. The molecule has 26 heavy (non-hydrogen) atoms. The van der Waals surface area contributed by atoms with E-state index in [9.17, 15) is 28.5 Å². The number of aliphatic carboxylic acids is 1. The number of nitrogens with one attached hydrogen (secondary N) is 1. The summed E-state index contributed by atoms with van der Waals surface area (Å²) >= 11 is 0. The quantitative estimate of drug-likeness (QED) is 0.458. The second kappa shape index (κ2) is 7.44. The van der Waals surface area contributed by atoms with Crippen LogP contribution in [0.2, 0.25) is 0 Å². The molecule has 0 spiro atoms. The van der Waals surface area contributed by atoms with E-state index in [0.29, 0.717) is 19.5 Å². The average Bonchev–Trinajstić information content (AvgIpc) is 2.64. The molecule has 2 saturated heterocycles. The van der Waals surface area contributed by atoms with Crippen molar-refractivity contribution in [3.63, 3.8) is 0 Å². The summed E-state index contributed by atoms with van der Waals surface area (Å²) in [5.74, 6) is -2.15. The van der Waals surface area contributed by atoms with Gasteiger partial charge in [0.05, 0.1) is 16.6 Å². The molecule has 0 aromatic carbocycles. The zero-order chi connectivity index (χ0) is 18.8. The van der Waals surface area contributed by atoms with Crippen molar-refractivity contribution < 1.29 is 33.2 Å². The van der Waals surface area contributed by atoms with Crippen molar-refractivity contribution in [3.05, 3.63) is 11.3 Å². The summed E-state index contributed by atoms with van der Waals surface area (Å²) in [6.07, 6.45) is 2.59. The van der Waals surface area contributed by atoms with Gasteiger partial charge in [-0.05, 0) is 19.3 Å². The fourth-order valence-electron chi connectivity index (χ4n) is 3.37. The molecule has 3 atom stereocenters. The smallest absolute Gasteiger partial charge is 0.410 e. The molecule has 3 aliphatic heterocycles. The number of carbonyl (C=O) groups is 4. The summed E-state index contributed by atoms with van der Waals surface area (Å²) in [4.78, 5) is 48.9. The molecule has 3 rings (SSSR count). The molecule has 142 valence electrons. The maximum atomic E-state index is 12.4. The fraction of sp³-hybridized carbons (Fsp3) is 0.600. The molecule has 0 aromatic heterocycles. The van der Waals surface area contributed by atoms with E-state index in [-0.39, 0.29) is 23.6 Å². The number of nitrogens with zero attached hydrogens (tertiary/aromatic N) is 2. The Morgan fingerprint density at radius 3 is 2.62 bits per heavy atom. The van der Waals surface area contributed by atoms with Crippen LogP contribution in [0.1, 0.15) is 19.3 Å². The van der Waals surface area contributed by atoms with Crippen LogP contribution in [0.3, 0.4) is 0 Å². The van der Waals surface area contributed by atoms with Crippen LogP contribution in [0, 0.1) is 0 Å². The summed E-state index contributed by atoms with van der Waals surface area (Å²) in [5.41, 5.74) is -0.203. The highest BCUT2D eigenvalue weighted by Gasteiger charge is 2.56. The Balaban J connectivity index is 1.75. The first kappa shape index (κ1) is 18.4. The molecular formula is C15H19N3O7S. The number of amides is 3. The van der Waals surface area contributed by atoms with Gasteiger partial charge in [0.1, 0.15) is 23.7 Å². The third-order valence-electron chi connectivity index (χ3n) is 4.64. The van der Waals surface area contributed by atoms with Crippen molar-refractivity contribution in [2.75, 3.05) is 25.4 Å². The number of hydrogen-bond donors (Lipinski definition) is 2. The number of hydrogen-bond acceptors (Lipinski definition) is 6. The van der Waals surface area contributed by atoms with Gasteiger partial charge in [0.15, 0.2) is 0 Å². The first-order valence-electron chi connectivity index (χ1n) is 8.22. The van der Waals surface area contributed by atoms with Gasteiger partial charge in [0.2, 0.25) is 6.41 Å². The number of ether oxygens (including phenoxy) is 1. The largest absolute Gasteiger partial charge is 0.477 e. The average molecular weight is 385 g/mol. The van der Waals surface area contributed by atoms with Crippen LogP contribution < -0.4 is 5.32 Å². The lowest BCUT2D eigenvalue weighted by molar-refractivity contribution is -0.150. The monoisotopic (exact) mass is 385 g/mol. The summed E-state index contributed by atoms with van der Waals surface area (Å²) in [6.45, 7) is 0.827. The van der Waals surface area contributed by atoms with Gasteiger partial charge in [-0.15, -0.1) is 0 Å². The van der Waals surface area contributed by atoms with Crippen LogP contribution in [-0.4, -0.2) is 80.4 Å². The lowest BCUT2D eigenvalue weighted by Gasteiger charge is -2.48. The summed E-state index contributed by atoms with van der Waals surface area (Å²) in [6, 6.07) is -1.000. The summed E-state index contributed by atoms with van der Waals surface area (Å²) < 4.78 is 17.6. The van der Waals surface area contributed by atoms with Crippen molar-refractivity contribution in [2.45, 2.75) is 30.7 Å². The highest BCUT2D eigenvalue weighted by Crippen LogP contribution is 2.34. The number of β-lactam (4-membered cyclic amide) rings is 1. The maximum absolute atomic E-state index is 12.4. The van der Waals surface area contributed by atoms with E-state index in [1.807, 2.05) is 0 Å². The van der Waals surface area contributed by atoms with E-state index in [2.05, 4.69) is 5.32 Å². The van der Waals surface area contributed by atoms with Gasteiger partial charge >= 0.3 is 12.1 Å². The molecule has 10 nitrogen and oxygen atoms in total. The van der Waals surface area contributed by atoms with Crippen LogP contribution in [-0.2, 0) is 29.9 Å². The van der Waals surface area contributed by atoms with Crippen molar-refractivity contribution in [2.24, 2.45) is 0 Å². The predicted octanol–water partition coefficient (Wildman–Crippen LogP) is -1.01. The number of likely N-dealkylation sites (tertiary alicyclic amines) is 1. The third-order valence-corrected chi connectivity index (χ3v) is 6.29. The van der Waals surface area contributed by atoms with Crippen LogP contribution in [0.15, 0.2) is 11.3 Å². The second-order valence-corrected chi connectivity index (χ2v) is 7.78. The van der Waals surface area contributed by atoms with E-state index < -0.39 is 40.2 Å². The van der Waals surface area contributed by atoms with Gasteiger partial charge in [0.25, 0.3) is 5.91 Å². The normalized spacial score (nSPS) is 28.2. The molecule has 0 aromatic rings. The van der Waals surface area contributed by atoms with E-state index in [1.54, 1.807) is 4.90 Å². The number of carbonyl (C=O) groups excluding carboxylic acids is 3. The maximum Gasteiger partial charge on any atom is 0.410 e. The van der Waals surface area contributed by atoms with Crippen LogP contribution in [0.4, 0.5) is 4.79 Å². The topological polar surface area (TPSA) is 133 Å². The van der Waals surface area contributed by atoms with Gasteiger partial charge in [-0.25, -0.2) is 9.59 Å². The van der Waals surface area contributed by atoms with Gasteiger partial charge in [-0.2, -0.15) is 0 Å². The number of carboxylic acids is 1. The minimum absolute atomic E-state index is 0.121. The first-order valence-corrected chi connectivity index (χ1v) is 9.61. The van der Waals surface area contributed by atoms with E-state index in [4.69, 9.17) is 4.74 Å². The minimum atomic E-state index is -1.61. The summed E-state index contributed by atoms with van der Waals surface area (Å²) in [7, 11) is -1.61. The van der Waals surface area contributed by atoms with Crippen molar-refractivity contribution in [1.29, 1.82) is 0 Å². The summed E-state index contributed by atoms with van der Waals surface area (Å²) in [5, 5.41) is 10.8. The van der Waals surface area contributed by atoms with Crippen LogP contribution >= 0.6 is 0 Å². The molecule has 3 amide bonds. The Kier molecular flexibility index (Phi) is 5.25. The van der Waals surface area contributed by atoms with E-state index >= 15 is 0 Å². The number of carboxylic acid groups (broad SMARTS) is 1. The lowest BCUT2D eigenvalue weighted by Crippen LogP contribution is -2.72. The highest BCUT2D eigenvalue weighted by atomic mass is 32.2. The number of piperidine rings is 1. The zero-order valence-electron chi connectivity index (χ0n) is 13.9. The second-order valence-electron chi connectivity index (χ2n) is 6.25. The standard InChI is InChI=1S/C15H19N3O7S/c19-8-16-10-12(20)18-11(14(21)22)9(7-26(24)13(10)18)6-25-15(23)17-4-2-1-3-5-17/h8,10,13H,1-7H2,(H,16,19)(H,21,22)/t10?,13-,26?/m0/s1. The minimum Gasteiger partial charge on any atom is -0.477 e. The molecule has 2 fully saturated rings. The number of rotatable bonds is 5. The van der Waals surface area contributed by atoms with Crippen molar-refractivity contribution in [1.82, 2.24) is 15.1 Å². The molecule has 0 radical (unpaired) electrons. The fourth-order valence-corrected chi connectivity index (χ4v) is 5.05. The van der Waals surface area contributed by atoms with Crippen molar-refractivity contribution >= 4 is 35.2 Å². The Bertz CT molecular complexity index is 701. The highest BCUT2D eigenvalue weighted by molar-refractivity contribution is 7.86. The molecule has 2 unspecified atom stereocenters. The van der Waals surface area contributed by atoms with Crippen LogP contribution in [0.25, 0.3) is 0 Å². The molecular weight excluding hydrogens is 366 g/mol. The molecule has 11 heteroatoms. The Morgan fingerprint density at radius 1 is 1.31 bits per heavy atom. The molecule has 3 aliphatic rings. The van der Waals surface area contributed by atoms with Gasteiger partial charge < -0.3 is 20.1 Å². The van der Waals surface area contributed by atoms with Gasteiger partial charge in [-0.1, -0.05) is 0 Å². The van der Waals surface area contributed by atoms with Crippen LogP contribution in [0.5, 0.6) is 0 Å². The number of fused-ring (bicyclic) bond motifs is 1. The molecule has 3 heterocycles. The molecule has 2 N–H and O–H groups in total. The SMILES string of the molecule is O=CNC1C(=O)N2C(C(=O)O)=C(COC(=O)N3CCCCC3)CS(=O)[C@@H]12. The molecule has 0 saturated carbocycles. The van der Waals surface area contributed by atoms with E-state index in [0.717, 1.165) is 24.2 Å². The van der Waals surface area contributed by atoms with Crippen molar-refractivity contribution in [3.8, 4) is 0 Å². The van der Waals surface area contributed by atoms with Gasteiger partial charge in [-0.3, -0.25) is 18.7 Å².